The molecule has 2 aromatic carbocycles. The number of nitrogens with one attached hydrogen (secondary N) is 1. The van der Waals surface area contributed by atoms with E-state index in [-0.39, 0.29) is 11.5 Å². The number of anilines is 1. The van der Waals surface area contributed by atoms with Gasteiger partial charge in [-0.05, 0) is 37.3 Å². The molecule has 0 heterocycles. The van der Waals surface area contributed by atoms with Gasteiger partial charge in [0.2, 0.25) is 0 Å². The zero-order valence-corrected chi connectivity index (χ0v) is 14.5. The summed E-state index contributed by atoms with van der Waals surface area (Å²) in [5.41, 5.74) is 0.575. The van der Waals surface area contributed by atoms with Crippen LogP contribution in [0.1, 0.15) is 17.3 Å². The maximum absolute atomic E-state index is 13.6. The minimum absolute atomic E-state index is 0.00192. The molecule has 0 radical (unpaired) electrons. The van der Waals surface area contributed by atoms with E-state index >= 15 is 0 Å². The Bertz CT molecular complexity index is 777. The number of thioether (sulfide) groups is 1. The smallest absolute Gasteiger partial charge is 0.330 e. The number of rotatable bonds is 7. The van der Waals surface area contributed by atoms with Crippen molar-refractivity contribution in [1.29, 1.82) is 0 Å². The quantitative estimate of drug-likeness (QED) is 0.455. The van der Waals surface area contributed by atoms with Crippen molar-refractivity contribution in [2.24, 2.45) is 0 Å². The van der Waals surface area contributed by atoms with Crippen LogP contribution in [-0.4, -0.2) is 24.2 Å². The second-order valence-electron chi connectivity index (χ2n) is 4.93. The molecule has 25 heavy (non-hydrogen) atoms. The molecule has 0 aliphatic carbocycles. The number of hydrogen-bond donors (Lipinski definition) is 1. The van der Waals surface area contributed by atoms with Crippen molar-refractivity contribution in [3.05, 3.63) is 72.1 Å². The summed E-state index contributed by atoms with van der Waals surface area (Å²) in [6.07, 6.45) is 3.10. The fourth-order valence-corrected chi connectivity index (χ4v) is 2.76. The molecule has 0 bridgehead atoms. The Kier molecular flexibility index (Phi) is 7.22. The van der Waals surface area contributed by atoms with Gasteiger partial charge in [-0.3, -0.25) is 4.79 Å². The standard InChI is InChI=1S/C19H18FNO3S/c1-2-24-18(22)11-6-12-25-15-8-5-7-14(13-15)21-19(23)16-9-3-4-10-17(16)20/h3-11,13H,2,12H2,1H3,(H,21,23)/b11-6+. The van der Waals surface area contributed by atoms with Crippen LogP contribution in [0, 0.1) is 5.82 Å². The Morgan fingerprint density at radius 2 is 2.00 bits per heavy atom. The molecule has 1 amide bonds. The number of hydrogen-bond acceptors (Lipinski definition) is 4. The highest BCUT2D eigenvalue weighted by molar-refractivity contribution is 7.99. The zero-order chi connectivity index (χ0) is 18.1. The maximum Gasteiger partial charge on any atom is 0.330 e. The molecule has 1 N–H and O–H groups in total. The van der Waals surface area contributed by atoms with E-state index < -0.39 is 11.7 Å². The SMILES string of the molecule is CCOC(=O)/C=C/CSc1cccc(NC(=O)c2ccccc2F)c1. The van der Waals surface area contributed by atoms with E-state index in [1.54, 1.807) is 37.3 Å². The van der Waals surface area contributed by atoms with Crippen molar-refractivity contribution in [2.45, 2.75) is 11.8 Å². The van der Waals surface area contributed by atoms with Gasteiger partial charge in [-0.15, -0.1) is 11.8 Å². The lowest BCUT2D eigenvalue weighted by molar-refractivity contribution is -0.137. The summed E-state index contributed by atoms with van der Waals surface area (Å²) < 4.78 is 18.4. The third kappa shape index (κ3) is 6.08. The van der Waals surface area contributed by atoms with Crippen LogP contribution < -0.4 is 5.32 Å². The van der Waals surface area contributed by atoms with Gasteiger partial charge >= 0.3 is 5.97 Å². The number of benzene rings is 2. The van der Waals surface area contributed by atoms with Crippen LogP contribution in [0.4, 0.5) is 10.1 Å². The van der Waals surface area contributed by atoms with Crippen LogP contribution in [0.3, 0.4) is 0 Å². The van der Waals surface area contributed by atoms with E-state index in [4.69, 9.17) is 4.74 Å². The van der Waals surface area contributed by atoms with Crippen molar-refractivity contribution in [2.75, 3.05) is 17.7 Å². The minimum atomic E-state index is -0.561. The molecule has 0 aliphatic heterocycles. The summed E-state index contributed by atoms with van der Waals surface area (Å²) in [6, 6.07) is 13.0. The van der Waals surface area contributed by atoms with Crippen molar-refractivity contribution >= 4 is 29.3 Å². The maximum atomic E-state index is 13.6. The molecular formula is C19H18FNO3S. The largest absolute Gasteiger partial charge is 0.463 e. The Hall–Kier alpha value is -2.60. The Morgan fingerprint density at radius 1 is 1.20 bits per heavy atom. The highest BCUT2D eigenvalue weighted by atomic mass is 32.2. The molecule has 130 valence electrons. The van der Waals surface area contributed by atoms with Gasteiger partial charge in [0.05, 0.1) is 12.2 Å². The highest BCUT2D eigenvalue weighted by Crippen LogP contribution is 2.22. The lowest BCUT2D eigenvalue weighted by atomic mass is 10.2. The van der Waals surface area contributed by atoms with Crippen molar-refractivity contribution < 1.29 is 18.7 Å². The summed E-state index contributed by atoms with van der Waals surface area (Å²) in [7, 11) is 0. The Labute approximate surface area is 150 Å². The van der Waals surface area contributed by atoms with Crippen LogP contribution in [-0.2, 0) is 9.53 Å². The summed E-state index contributed by atoms with van der Waals surface area (Å²) >= 11 is 1.50. The average molecular weight is 359 g/mol. The third-order valence-electron chi connectivity index (χ3n) is 3.10. The van der Waals surface area contributed by atoms with Crippen LogP contribution in [0.5, 0.6) is 0 Å². The molecule has 0 aliphatic rings. The molecule has 6 heteroatoms. The molecule has 0 aromatic heterocycles. The van der Waals surface area contributed by atoms with E-state index in [2.05, 4.69) is 5.32 Å². The molecule has 0 unspecified atom stereocenters. The lowest BCUT2D eigenvalue weighted by Crippen LogP contribution is -2.13. The van der Waals surface area contributed by atoms with Crippen molar-refractivity contribution in [1.82, 2.24) is 0 Å². The molecule has 0 atom stereocenters. The van der Waals surface area contributed by atoms with Crippen LogP contribution in [0.2, 0.25) is 0 Å². The average Bonchev–Trinajstić information content (AvgIpc) is 2.60. The van der Waals surface area contributed by atoms with Gasteiger partial charge in [-0.25, -0.2) is 9.18 Å². The number of ether oxygens (including phenoxy) is 1. The number of carbonyl (C=O) groups is 2. The zero-order valence-electron chi connectivity index (χ0n) is 13.7. The summed E-state index contributed by atoms with van der Waals surface area (Å²) in [5, 5.41) is 2.68. The monoisotopic (exact) mass is 359 g/mol. The molecule has 2 rings (SSSR count). The van der Waals surface area contributed by atoms with E-state index in [9.17, 15) is 14.0 Å². The van der Waals surface area contributed by atoms with Gasteiger partial charge in [0.15, 0.2) is 0 Å². The summed E-state index contributed by atoms with van der Waals surface area (Å²) in [5.74, 6) is -0.838. The van der Waals surface area contributed by atoms with Gasteiger partial charge < -0.3 is 10.1 Å². The molecule has 2 aromatic rings. The molecule has 0 saturated heterocycles. The number of amides is 1. The predicted molar refractivity (Wildman–Crippen MR) is 97.3 cm³/mol. The summed E-state index contributed by atoms with van der Waals surface area (Å²) in [6.45, 7) is 2.10. The fourth-order valence-electron chi connectivity index (χ4n) is 1.99. The molecule has 0 spiro atoms. The first-order chi connectivity index (χ1) is 12.1. The van der Waals surface area contributed by atoms with Crippen molar-refractivity contribution in [3.8, 4) is 0 Å². The topological polar surface area (TPSA) is 55.4 Å². The Morgan fingerprint density at radius 3 is 2.76 bits per heavy atom. The van der Waals surface area contributed by atoms with Gasteiger partial charge in [-0.2, -0.15) is 0 Å². The molecule has 4 nitrogen and oxygen atoms in total. The molecule has 0 saturated carbocycles. The highest BCUT2D eigenvalue weighted by Gasteiger charge is 2.11. The number of esters is 1. The predicted octanol–water partition coefficient (Wildman–Crippen LogP) is 4.29. The van der Waals surface area contributed by atoms with E-state index in [0.717, 1.165) is 4.90 Å². The number of halogens is 1. The third-order valence-corrected chi connectivity index (χ3v) is 4.04. The Balaban J connectivity index is 1.94. The second-order valence-corrected chi connectivity index (χ2v) is 6.02. The number of carbonyl (C=O) groups excluding carboxylic acids is 2. The first-order valence-corrected chi connectivity index (χ1v) is 8.70. The summed E-state index contributed by atoms with van der Waals surface area (Å²) in [4.78, 5) is 24.2. The second kappa shape index (κ2) is 9.64. The van der Waals surface area contributed by atoms with E-state index in [0.29, 0.717) is 18.0 Å². The minimum Gasteiger partial charge on any atom is -0.463 e. The van der Waals surface area contributed by atoms with Gasteiger partial charge in [-0.1, -0.05) is 24.3 Å². The molecule has 0 fully saturated rings. The normalized spacial score (nSPS) is 10.6. The lowest BCUT2D eigenvalue weighted by Gasteiger charge is -2.07. The van der Waals surface area contributed by atoms with Crippen molar-refractivity contribution in [3.63, 3.8) is 0 Å². The molecular weight excluding hydrogens is 341 g/mol. The van der Waals surface area contributed by atoms with E-state index in [1.807, 2.05) is 6.07 Å². The van der Waals surface area contributed by atoms with Gasteiger partial charge in [0.25, 0.3) is 5.91 Å². The van der Waals surface area contributed by atoms with Crippen LogP contribution in [0.15, 0.2) is 65.6 Å². The van der Waals surface area contributed by atoms with Crippen LogP contribution in [0.25, 0.3) is 0 Å². The van der Waals surface area contributed by atoms with E-state index in [1.165, 1.54) is 36.0 Å². The van der Waals surface area contributed by atoms with Gasteiger partial charge in [0, 0.05) is 22.4 Å². The first kappa shape index (κ1) is 18.7. The van der Waals surface area contributed by atoms with Gasteiger partial charge in [0.1, 0.15) is 5.82 Å². The fraction of sp³-hybridized carbons (Fsp3) is 0.158. The van der Waals surface area contributed by atoms with Crippen LogP contribution >= 0.6 is 11.8 Å². The first-order valence-electron chi connectivity index (χ1n) is 7.72.